The van der Waals surface area contributed by atoms with Gasteiger partial charge in [-0.1, -0.05) is 19.9 Å². The Balaban J connectivity index is 2.26. The fraction of sp³-hybridized carbons (Fsp3) is 0.611. The molecule has 0 saturated carbocycles. The van der Waals surface area contributed by atoms with E-state index in [4.69, 9.17) is 9.47 Å². The lowest BCUT2D eigenvalue weighted by Gasteiger charge is -2.35. The van der Waals surface area contributed by atoms with E-state index in [-0.39, 0.29) is 17.7 Å². The zero-order valence-corrected chi connectivity index (χ0v) is 14.8. The van der Waals surface area contributed by atoms with Gasteiger partial charge in [0, 0.05) is 26.2 Å². The Morgan fingerprint density at radius 1 is 1.04 bits per heavy atom. The van der Waals surface area contributed by atoms with Gasteiger partial charge in [-0.05, 0) is 30.7 Å². The molecule has 0 aromatic heterocycles. The van der Waals surface area contributed by atoms with Gasteiger partial charge in [0.25, 0.3) is 0 Å². The number of carbonyl (C=O) groups excluding carboxylic acids is 1. The first kappa shape index (κ1) is 17.6. The third-order valence-electron chi connectivity index (χ3n) is 4.51. The van der Waals surface area contributed by atoms with E-state index in [1.165, 1.54) is 0 Å². The molecule has 5 nitrogen and oxygen atoms in total. The van der Waals surface area contributed by atoms with Crippen LogP contribution >= 0.6 is 0 Å². The average molecular weight is 320 g/mol. The first-order chi connectivity index (χ1) is 11.0. The van der Waals surface area contributed by atoms with Crippen molar-refractivity contribution in [3.05, 3.63) is 23.8 Å². The van der Waals surface area contributed by atoms with Crippen molar-refractivity contribution >= 4 is 5.91 Å². The van der Waals surface area contributed by atoms with E-state index in [1.54, 1.807) is 14.2 Å². The fourth-order valence-corrected chi connectivity index (χ4v) is 3.08. The van der Waals surface area contributed by atoms with Crippen LogP contribution in [0.1, 0.15) is 25.3 Å². The Labute approximate surface area is 139 Å². The minimum absolute atomic E-state index is 0.154. The second-order valence-electron chi connectivity index (χ2n) is 6.46. The molecule has 0 spiro atoms. The van der Waals surface area contributed by atoms with Crippen LogP contribution in [-0.2, 0) is 4.79 Å². The van der Waals surface area contributed by atoms with Gasteiger partial charge >= 0.3 is 0 Å². The average Bonchev–Trinajstić information content (AvgIpc) is 2.55. The summed E-state index contributed by atoms with van der Waals surface area (Å²) < 4.78 is 10.7. The van der Waals surface area contributed by atoms with Gasteiger partial charge in [-0.2, -0.15) is 0 Å². The lowest BCUT2D eigenvalue weighted by Crippen LogP contribution is -2.49. The van der Waals surface area contributed by atoms with Gasteiger partial charge in [-0.15, -0.1) is 0 Å². The van der Waals surface area contributed by atoms with Crippen LogP contribution in [-0.4, -0.2) is 63.2 Å². The van der Waals surface area contributed by atoms with Crippen molar-refractivity contribution in [2.45, 2.75) is 19.8 Å². The highest BCUT2D eigenvalue weighted by molar-refractivity contribution is 5.84. The van der Waals surface area contributed by atoms with Crippen molar-refractivity contribution in [1.82, 2.24) is 9.80 Å². The Kier molecular flexibility index (Phi) is 5.88. The lowest BCUT2D eigenvalue weighted by molar-refractivity contribution is -0.135. The van der Waals surface area contributed by atoms with Crippen molar-refractivity contribution < 1.29 is 14.3 Å². The quantitative estimate of drug-likeness (QED) is 0.834. The number of nitrogens with zero attached hydrogens (tertiary/aromatic N) is 2. The second kappa shape index (κ2) is 7.68. The summed E-state index contributed by atoms with van der Waals surface area (Å²) >= 11 is 0. The molecule has 2 rings (SSSR count). The van der Waals surface area contributed by atoms with Crippen LogP contribution in [0.4, 0.5) is 0 Å². The van der Waals surface area contributed by atoms with Gasteiger partial charge in [0.05, 0.1) is 20.1 Å². The number of ether oxygens (including phenoxy) is 2. The van der Waals surface area contributed by atoms with E-state index >= 15 is 0 Å². The predicted octanol–water partition coefficient (Wildman–Crippen LogP) is 2.22. The highest BCUT2D eigenvalue weighted by Gasteiger charge is 2.30. The normalized spacial score (nSPS) is 17.2. The summed E-state index contributed by atoms with van der Waals surface area (Å²) in [6, 6.07) is 5.78. The predicted molar refractivity (Wildman–Crippen MR) is 91.2 cm³/mol. The van der Waals surface area contributed by atoms with E-state index < -0.39 is 0 Å². The SMILES string of the molecule is COc1ccc(C(C(=O)N2CCN(C)CC2)C(C)C)cc1OC. The van der Waals surface area contributed by atoms with Crippen LogP contribution in [0.3, 0.4) is 0 Å². The number of methoxy groups -OCH3 is 2. The zero-order chi connectivity index (χ0) is 17.0. The van der Waals surface area contributed by atoms with Crippen molar-refractivity contribution in [3.8, 4) is 11.5 Å². The summed E-state index contributed by atoms with van der Waals surface area (Å²) in [5.41, 5.74) is 0.988. The second-order valence-corrected chi connectivity index (χ2v) is 6.46. The number of benzene rings is 1. The molecule has 1 aliphatic rings. The summed E-state index contributed by atoms with van der Waals surface area (Å²) in [5.74, 6) is 1.63. The van der Waals surface area contributed by atoms with Gasteiger partial charge in [-0.3, -0.25) is 4.79 Å². The number of amides is 1. The number of hydrogen-bond donors (Lipinski definition) is 0. The molecule has 0 bridgehead atoms. The van der Waals surface area contributed by atoms with Crippen molar-refractivity contribution in [3.63, 3.8) is 0 Å². The standard InChI is InChI=1S/C18H28N2O3/c1-13(2)17(18(21)20-10-8-19(3)9-11-20)14-6-7-15(22-4)16(12-14)23-5/h6-7,12-13,17H,8-11H2,1-5H3. The third kappa shape index (κ3) is 3.96. The Morgan fingerprint density at radius 2 is 1.65 bits per heavy atom. The Bertz CT molecular complexity index is 537. The van der Waals surface area contributed by atoms with Crippen molar-refractivity contribution in [2.75, 3.05) is 47.4 Å². The Hall–Kier alpha value is -1.75. The molecular formula is C18H28N2O3. The maximum atomic E-state index is 13.0. The van der Waals surface area contributed by atoms with E-state index in [2.05, 4.69) is 25.8 Å². The molecule has 128 valence electrons. The molecule has 0 aliphatic carbocycles. The van der Waals surface area contributed by atoms with Crippen LogP contribution in [0.2, 0.25) is 0 Å². The number of carbonyl (C=O) groups is 1. The molecule has 1 fully saturated rings. The first-order valence-electron chi connectivity index (χ1n) is 8.17. The molecule has 0 N–H and O–H groups in total. The van der Waals surface area contributed by atoms with Gasteiger partial charge in [0.2, 0.25) is 5.91 Å². The monoisotopic (exact) mass is 320 g/mol. The lowest BCUT2D eigenvalue weighted by atomic mass is 9.86. The topological polar surface area (TPSA) is 42.0 Å². The Morgan fingerprint density at radius 3 is 2.17 bits per heavy atom. The van der Waals surface area contributed by atoms with E-state index in [0.29, 0.717) is 11.5 Å². The maximum Gasteiger partial charge on any atom is 0.230 e. The molecule has 1 heterocycles. The van der Waals surface area contributed by atoms with Crippen LogP contribution in [0.15, 0.2) is 18.2 Å². The maximum absolute atomic E-state index is 13.0. The highest BCUT2D eigenvalue weighted by Crippen LogP contribution is 2.34. The third-order valence-corrected chi connectivity index (χ3v) is 4.51. The number of likely N-dealkylation sites (N-methyl/N-ethyl adjacent to an activating group) is 1. The fourth-order valence-electron chi connectivity index (χ4n) is 3.08. The summed E-state index contributed by atoms with van der Waals surface area (Å²) in [5, 5.41) is 0. The molecular weight excluding hydrogens is 292 g/mol. The summed E-state index contributed by atoms with van der Waals surface area (Å²) in [6.07, 6.45) is 0. The molecule has 1 unspecified atom stereocenters. The van der Waals surface area contributed by atoms with Gasteiger partial charge in [-0.25, -0.2) is 0 Å². The number of hydrogen-bond acceptors (Lipinski definition) is 4. The molecule has 23 heavy (non-hydrogen) atoms. The first-order valence-corrected chi connectivity index (χ1v) is 8.17. The van der Waals surface area contributed by atoms with E-state index in [0.717, 1.165) is 31.7 Å². The number of rotatable bonds is 5. The molecule has 1 aromatic carbocycles. The van der Waals surface area contributed by atoms with Crippen LogP contribution in [0.25, 0.3) is 0 Å². The van der Waals surface area contributed by atoms with Gasteiger partial charge < -0.3 is 19.3 Å². The summed E-state index contributed by atoms with van der Waals surface area (Å²) in [7, 11) is 5.33. The number of piperazine rings is 1. The summed E-state index contributed by atoms with van der Waals surface area (Å²) in [4.78, 5) is 17.3. The van der Waals surface area contributed by atoms with E-state index in [9.17, 15) is 4.79 Å². The molecule has 1 saturated heterocycles. The van der Waals surface area contributed by atoms with Crippen molar-refractivity contribution in [1.29, 1.82) is 0 Å². The zero-order valence-electron chi connectivity index (χ0n) is 14.8. The van der Waals surface area contributed by atoms with Crippen LogP contribution in [0, 0.1) is 5.92 Å². The van der Waals surface area contributed by atoms with Crippen LogP contribution in [0.5, 0.6) is 11.5 Å². The smallest absolute Gasteiger partial charge is 0.230 e. The molecule has 5 heteroatoms. The summed E-state index contributed by atoms with van der Waals surface area (Å²) in [6.45, 7) is 7.65. The van der Waals surface area contributed by atoms with Crippen LogP contribution < -0.4 is 9.47 Å². The van der Waals surface area contributed by atoms with E-state index in [1.807, 2.05) is 23.1 Å². The van der Waals surface area contributed by atoms with Crippen molar-refractivity contribution in [2.24, 2.45) is 5.92 Å². The molecule has 0 radical (unpaired) electrons. The van der Waals surface area contributed by atoms with Gasteiger partial charge in [0.1, 0.15) is 0 Å². The molecule has 1 amide bonds. The van der Waals surface area contributed by atoms with Gasteiger partial charge in [0.15, 0.2) is 11.5 Å². The molecule has 1 aliphatic heterocycles. The molecule has 1 atom stereocenters. The molecule has 1 aromatic rings. The minimum Gasteiger partial charge on any atom is -0.493 e. The largest absolute Gasteiger partial charge is 0.493 e. The minimum atomic E-state index is -0.154. The highest BCUT2D eigenvalue weighted by atomic mass is 16.5.